The van der Waals surface area contributed by atoms with Gasteiger partial charge in [0.15, 0.2) is 0 Å². The van der Waals surface area contributed by atoms with E-state index in [0.717, 1.165) is 6.08 Å². The number of carbonyl (C=O) groups excluding carboxylic acids is 1. The molecule has 1 aromatic carbocycles. The zero-order chi connectivity index (χ0) is 8.97. The molecule has 0 atom stereocenters. The molecule has 0 spiro atoms. The largest absolute Gasteiger partial charge is 1.00 e. The summed E-state index contributed by atoms with van der Waals surface area (Å²) in [7, 11) is 0. The second kappa shape index (κ2) is 5.80. The molecule has 0 radical (unpaired) electrons. The van der Waals surface area contributed by atoms with Crippen molar-refractivity contribution in [1.29, 1.82) is 0 Å². The van der Waals surface area contributed by atoms with Crippen LogP contribution in [-0.4, -0.2) is 11.1 Å². The summed E-state index contributed by atoms with van der Waals surface area (Å²) in [5.41, 5.74) is 0.624. The Bertz CT molecular complexity index is 306. The minimum absolute atomic E-state index is 0. The maximum atomic E-state index is 10.1. The first-order valence-electron chi connectivity index (χ1n) is 3.37. The predicted molar refractivity (Wildman–Crippen MR) is 42.1 cm³/mol. The van der Waals surface area contributed by atoms with Crippen LogP contribution in [0.4, 0.5) is 0 Å². The van der Waals surface area contributed by atoms with Crippen molar-refractivity contribution in [3.05, 3.63) is 41.7 Å². The minimum Gasteiger partial charge on any atom is -0.542 e. The average Bonchev–Trinajstić information content (AvgIpc) is 2.06. The molecule has 1 aromatic rings. The van der Waals surface area contributed by atoms with Crippen molar-refractivity contribution in [2.45, 2.75) is 0 Å². The van der Waals surface area contributed by atoms with Gasteiger partial charge in [-0.3, -0.25) is 0 Å². The van der Waals surface area contributed by atoms with Crippen molar-refractivity contribution in [2.75, 3.05) is 0 Å². The molecule has 0 aliphatic rings. The Morgan fingerprint density at radius 1 is 1.31 bits per heavy atom. The van der Waals surface area contributed by atoms with Crippen molar-refractivity contribution in [3.63, 3.8) is 0 Å². The smallest absolute Gasteiger partial charge is 0.542 e. The van der Waals surface area contributed by atoms with E-state index in [-0.39, 0.29) is 29.6 Å². The van der Waals surface area contributed by atoms with Gasteiger partial charge in [-0.2, -0.15) is 0 Å². The fourth-order valence-electron chi connectivity index (χ4n) is 0.766. The van der Waals surface area contributed by atoms with Crippen LogP contribution in [0.25, 0.3) is 6.08 Å². The standard InChI is InChI=1S/C9H8O3.Na/c10-8(9(11)12)6-7-4-2-1-3-5-7;/h1-6,10H,(H,11,12);/q;+1/p-1. The quantitative estimate of drug-likeness (QED) is 0.311. The number of carboxylic acid groups (broad SMARTS) is 1. The fourth-order valence-corrected chi connectivity index (χ4v) is 0.766. The normalized spacial score (nSPS) is 10.3. The van der Waals surface area contributed by atoms with Crippen LogP contribution < -0.4 is 34.7 Å². The summed E-state index contributed by atoms with van der Waals surface area (Å²) in [5, 5.41) is 18.9. The molecule has 0 heterocycles. The van der Waals surface area contributed by atoms with Crippen LogP contribution in [0.5, 0.6) is 0 Å². The number of rotatable bonds is 2. The van der Waals surface area contributed by atoms with Crippen LogP contribution in [0.3, 0.4) is 0 Å². The van der Waals surface area contributed by atoms with Crippen molar-refractivity contribution in [3.8, 4) is 0 Å². The van der Waals surface area contributed by atoms with E-state index in [1.54, 1.807) is 30.3 Å². The Labute approximate surface area is 98.0 Å². The van der Waals surface area contributed by atoms with Gasteiger partial charge in [-0.05, 0) is 11.6 Å². The first kappa shape index (κ1) is 12.2. The van der Waals surface area contributed by atoms with Crippen LogP contribution in [0, 0.1) is 0 Å². The summed E-state index contributed by atoms with van der Waals surface area (Å²) in [6.07, 6.45) is 1.13. The molecule has 0 saturated heterocycles. The van der Waals surface area contributed by atoms with E-state index in [1.165, 1.54) is 0 Å². The summed E-state index contributed by atoms with van der Waals surface area (Å²) < 4.78 is 0. The molecule has 0 aliphatic carbocycles. The maximum Gasteiger partial charge on any atom is 1.00 e. The molecule has 0 aromatic heterocycles. The summed E-state index contributed by atoms with van der Waals surface area (Å²) in [6.45, 7) is 0. The first-order chi connectivity index (χ1) is 5.70. The molecule has 62 valence electrons. The van der Waals surface area contributed by atoms with Gasteiger partial charge in [0.05, 0.1) is 0 Å². The van der Waals surface area contributed by atoms with E-state index < -0.39 is 11.7 Å². The van der Waals surface area contributed by atoms with Crippen LogP contribution in [-0.2, 0) is 4.79 Å². The molecule has 0 aliphatic heterocycles. The first-order valence-corrected chi connectivity index (χ1v) is 3.37. The van der Waals surface area contributed by atoms with Crippen LogP contribution in [0.1, 0.15) is 5.56 Å². The molecule has 0 saturated carbocycles. The molecule has 1 N–H and O–H groups in total. The van der Waals surface area contributed by atoms with E-state index in [1.807, 2.05) is 0 Å². The average molecular weight is 186 g/mol. The SMILES string of the molecule is O=C([O-])C(O)=Cc1ccccc1.[Na+]. The Kier molecular flexibility index (Phi) is 5.46. The third-order valence-corrected chi connectivity index (χ3v) is 1.31. The van der Waals surface area contributed by atoms with Gasteiger partial charge in [-0.25, -0.2) is 0 Å². The fraction of sp³-hybridized carbons (Fsp3) is 0. The summed E-state index contributed by atoms with van der Waals surface area (Å²) in [5.74, 6) is -2.33. The summed E-state index contributed by atoms with van der Waals surface area (Å²) >= 11 is 0. The number of carbonyl (C=O) groups is 1. The van der Waals surface area contributed by atoms with Gasteiger partial charge in [0, 0.05) is 0 Å². The Balaban J connectivity index is 0.00000144. The van der Waals surface area contributed by atoms with Crippen molar-refractivity contribution in [1.82, 2.24) is 0 Å². The van der Waals surface area contributed by atoms with Gasteiger partial charge in [0.1, 0.15) is 11.7 Å². The van der Waals surface area contributed by atoms with E-state index >= 15 is 0 Å². The minimum atomic E-state index is -1.57. The molecular weight excluding hydrogens is 179 g/mol. The topological polar surface area (TPSA) is 60.4 Å². The van der Waals surface area contributed by atoms with E-state index in [0.29, 0.717) is 5.56 Å². The number of hydrogen-bond donors (Lipinski definition) is 1. The zero-order valence-electron chi connectivity index (χ0n) is 7.23. The van der Waals surface area contributed by atoms with Gasteiger partial charge < -0.3 is 15.0 Å². The second-order valence-corrected chi connectivity index (χ2v) is 2.23. The molecule has 4 heteroatoms. The second-order valence-electron chi connectivity index (χ2n) is 2.23. The number of carboxylic acids is 1. The molecule has 0 unspecified atom stereocenters. The van der Waals surface area contributed by atoms with Gasteiger partial charge in [-0.1, -0.05) is 30.3 Å². The van der Waals surface area contributed by atoms with Crippen LogP contribution >= 0.6 is 0 Å². The molecular formula is C9H7NaO3. The van der Waals surface area contributed by atoms with E-state index in [9.17, 15) is 9.90 Å². The molecule has 13 heavy (non-hydrogen) atoms. The zero-order valence-corrected chi connectivity index (χ0v) is 9.23. The summed E-state index contributed by atoms with van der Waals surface area (Å²) in [6, 6.07) is 8.65. The van der Waals surface area contributed by atoms with E-state index in [2.05, 4.69) is 0 Å². The number of aliphatic hydroxyl groups excluding tert-OH is 1. The maximum absolute atomic E-state index is 10.1. The monoisotopic (exact) mass is 186 g/mol. The van der Waals surface area contributed by atoms with Gasteiger partial charge in [0.25, 0.3) is 0 Å². The third kappa shape index (κ3) is 4.12. The Morgan fingerprint density at radius 3 is 2.31 bits per heavy atom. The number of aliphatic hydroxyl groups is 1. The van der Waals surface area contributed by atoms with Gasteiger partial charge >= 0.3 is 29.6 Å². The van der Waals surface area contributed by atoms with Crippen LogP contribution in [0.2, 0.25) is 0 Å². The molecule has 0 fully saturated rings. The summed E-state index contributed by atoms with van der Waals surface area (Å²) in [4.78, 5) is 10.1. The molecule has 1 rings (SSSR count). The van der Waals surface area contributed by atoms with Crippen molar-refractivity contribution < 1.29 is 44.6 Å². The molecule has 3 nitrogen and oxygen atoms in total. The van der Waals surface area contributed by atoms with Gasteiger partial charge in [0.2, 0.25) is 0 Å². The Hall–Kier alpha value is -0.770. The van der Waals surface area contributed by atoms with Crippen molar-refractivity contribution in [2.24, 2.45) is 0 Å². The molecule has 0 bridgehead atoms. The third-order valence-electron chi connectivity index (χ3n) is 1.31. The number of aliphatic carboxylic acids is 1. The molecule has 0 amide bonds. The number of benzene rings is 1. The number of hydrogen-bond acceptors (Lipinski definition) is 3. The van der Waals surface area contributed by atoms with Gasteiger partial charge in [-0.15, -0.1) is 0 Å². The van der Waals surface area contributed by atoms with E-state index in [4.69, 9.17) is 5.11 Å². The van der Waals surface area contributed by atoms with Crippen LogP contribution in [0.15, 0.2) is 36.1 Å². The Morgan fingerprint density at radius 2 is 1.85 bits per heavy atom. The van der Waals surface area contributed by atoms with Crippen molar-refractivity contribution >= 4 is 12.0 Å². The predicted octanol–water partition coefficient (Wildman–Crippen LogP) is -2.66.